The molecule has 2 aromatic rings. The molecule has 1 aromatic carbocycles. The van der Waals surface area contributed by atoms with E-state index in [9.17, 15) is 29.4 Å². The van der Waals surface area contributed by atoms with E-state index in [1.807, 2.05) is 83.8 Å². The van der Waals surface area contributed by atoms with Crippen LogP contribution in [0.4, 0.5) is 0 Å². The van der Waals surface area contributed by atoms with Gasteiger partial charge in [-0.15, -0.1) is 11.3 Å². The van der Waals surface area contributed by atoms with Crippen molar-refractivity contribution < 1.29 is 34.1 Å². The van der Waals surface area contributed by atoms with Crippen LogP contribution in [0.25, 0.3) is 0 Å². The minimum absolute atomic E-state index is 0.0391. The minimum atomic E-state index is -1.10. The summed E-state index contributed by atoms with van der Waals surface area (Å²) in [5.74, 6) is -2.43. The number of rotatable bonds is 21. The van der Waals surface area contributed by atoms with Gasteiger partial charge in [-0.3, -0.25) is 24.1 Å². The number of aliphatic hydroxyl groups excluding tert-OH is 1. The van der Waals surface area contributed by atoms with E-state index in [0.717, 1.165) is 31.4 Å². The zero-order valence-corrected chi connectivity index (χ0v) is 33.7. The highest BCUT2D eigenvalue weighted by Crippen LogP contribution is 2.31. The monoisotopic (exact) mass is 757 g/mol. The topological polar surface area (TPSA) is 170 Å². The quantitative estimate of drug-likeness (QED) is 0.102. The molecule has 2 heterocycles. The number of nitrogens with one attached hydrogen (secondary N) is 3. The molecule has 1 aliphatic rings. The fourth-order valence-corrected chi connectivity index (χ4v) is 7.49. The lowest BCUT2D eigenvalue weighted by molar-refractivity contribution is -0.151. The summed E-state index contributed by atoms with van der Waals surface area (Å²) in [6.07, 6.45) is 2.98. The van der Waals surface area contributed by atoms with Crippen molar-refractivity contribution in [3.63, 3.8) is 0 Å². The molecule has 1 unspecified atom stereocenters. The Morgan fingerprint density at radius 2 is 1.68 bits per heavy atom. The van der Waals surface area contributed by atoms with E-state index in [4.69, 9.17) is 4.74 Å². The smallest absolute Gasteiger partial charge is 0.306 e. The van der Waals surface area contributed by atoms with Gasteiger partial charge in [0.1, 0.15) is 22.8 Å². The van der Waals surface area contributed by atoms with Crippen LogP contribution in [0.5, 0.6) is 0 Å². The van der Waals surface area contributed by atoms with Gasteiger partial charge < -0.3 is 30.9 Å². The van der Waals surface area contributed by atoms with Crippen LogP contribution in [0.2, 0.25) is 0 Å². The van der Waals surface area contributed by atoms with Crippen LogP contribution in [0, 0.1) is 23.7 Å². The van der Waals surface area contributed by atoms with Gasteiger partial charge in [-0.05, 0) is 62.6 Å². The molecule has 12 nitrogen and oxygen atoms in total. The number of ether oxygens (including phenoxy) is 1. The van der Waals surface area contributed by atoms with Crippen molar-refractivity contribution in [1.82, 2.24) is 25.8 Å². The Labute approximate surface area is 319 Å². The second-order valence-corrected chi connectivity index (χ2v) is 16.5. The number of nitrogens with zero attached hydrogens (tertiary/aromatic N) is 2. The number of likely N-dealkylation sites (tertiary alicyclic amines) is 1. The first-order chi connectivity index (χ1) is 25.1. The SMILES string of the molecule is CC[C@H](C)[C@H](NC(=O)[C@H]1CCCCN1C)C(=O)N[C@H](C[C@@H](OC(O)CC(C)C)c1nc(C(=O)N[C@@H](Cc2ccccc2)C[C@H](C)C(=O)O)cs1)C(C)C. The molecule has 8 atom stereocenters. The highest BCUT2D eigenvalue weighted by molar-refractivity contribution is 7.09. The number of carbonyl (C=O) groups excluding carboxylic acids is 3. The molecule has 5 N–H and O–H groups in total. The molecule has 3 rings (SSSR count). The second-order valence-electron chi connectivity index (χ2n) is 15.6. The zero-order valence-electron chi connectivity index (χ0n) is 32.8. The summed E-state index contributed by atoms with van der Waals surface area (Å²) in [5.41, 5.74) is 1.13. The molecular formula is C40H63N5O7S. The number of carbonyl (C=O) groups is 4. The van der Waals surface area contributed by atoms with Gasteiger partial charge in [0.25, 0.3) is 5.91 Å². The lowest BCUT2D eigenvalue weighted by Crippen LogP contribution is -2.57. The Morgan fingerprint density at radius 3 is 2.28 bits per heavy atom. The number of amides is 3. The van der Waals surface area contributed by atoms with E-state index >= 15 is 0 Å². The second kappa shape index (κ2) is 21.5. The van der Waals surface area contributed by atoms with Gasteiger partial charge in [0.05, 0.1) is 12.0 Å². The van der Waals surface area contributed by atoms with Crippen molar-refractivity contribution >= 4 is 35.0 Å². The van der Waals surface area contributed by atoms with Crippen molar-refractivity contribution in [2.75, 3.05) is 13.6 Å². The molecular weight excluding hydrogens is 695 g/mol. The van der Waals surface area contributed by atoms with Crippen molar-refractivity contribution in [2.45, 2.75) is 136 Å². The Morgan fingerprint density at radius 1 is 0.981 bits per heavy atom. The Balaban J connectivity index is 1.82. The van der Waals surface area contributed by atoms with E-state index < -0.39 is 48.3 Å². The van der Waals surface area contributed by atoms with Crippen LogP contribution >= 0.6 is 11.3 Å². The van der Waals surface area contributed by atoms with E-state index in [2.05, 4.69) is 20.9 Å². The van der Waals surface area contributed by atoms with Crippen molar-refractivity contribution in [3.8, 4) is 0 Å². The number of carboxylic acids is 1. The molecule has 53 heavy (non-hydrogen) atoms. The number of aromatic nitrogens is 1. The number of aliphatic hydroxyl groups is 1. The summed E-state index contributed by atoms with van der Waals surface area (Å²) >= 11 is 1.23. The molecule has 0 spiro atoms. The highest BCUT2D eigenvalue weighted by atomic mass is 32.1. The summed E-state index contributed by atoms with van der Waals surface area (Å²) in [4.78, 5) is 59.3. The average Bonchev–Trinajstić information content (AvgIpc) is 3.60. The summed E-state index contributed by atoms with van der Waals surface area (Å²) < 4.78 is 6.21. The van der Waals surface area contributed by atoms with Crippen LogP contribution in [0.1, 0.15) is 121 Å². The molecule has 1 fully saturated rings. The standard InChI is InChI=1S/C40H63N5O7S/c1-9-26(6)35(44-37(48)32-17-13-14-18-45(32)8)38(49)42-30(25(4)5)22-33(52-34(46)19-24(2)3)39-43-31(23-53-39)36(47)41-29(20-27(7)40(50)51)21-28-15-11-10-12-16-28/h10-12,15-16,23-27,29-30,32-35,46H,9,13-14,17-22H2,1-8H3,(H,41,47)(H,42,49)(H,44,48)(H,50,51)/t26-,27-,29+,30+,32+,33+,34?,35-/m0/s1. The zero-order chi connectivity index (χ0) is 39.2. The number of carboxylic acid groups (broad SMARTS) is 1. The number of benzene rings is 1. The average molecular weight is 758 g/mol. The van der Waals surface area contributed by atoms with Gasteiger partial charge in [0.2, 0.25) is 11.8 Å². The largest absolute Gasteiger partial charge is 0.481 e. The van der Waals surface area contributed by atoms with Crippen molar-refractivity contribution in [3.05, 3.63) is 52.0 Å². The number of piperidine rings is 1. The molecule has 3 amide bonds. The maximum Gasteiger partial charge on any atom is 0.306 e. The van der Waals surface area contributed by atoms with E-state index in [1.165, 1.54) is 11.3 Å². The van der Waals surface area contributed by atoms with E-state index in [-0.39, 0.29) is 54.1 Å². The number of likely N-dealkylation sites (N-methyl/N-ethyl adjacent to an activating group) is 1. The molecule has 1 aromatic heterocycles. The first-order valence-corrected chi connectivity index (χ1v) is 20.1. The summed E-state index contributed by atoms with van der Waals surface area (Å²) in [6, 6.07) is 7.74. The van der Waals surface area contributed by atoms with Crippen LogP contribution < -0.4 is 16.0 Å². The first-order valence-electron chi connectivity index (χ1n) is 19.3. The molecule has 1 saturated heterocycles. The molecule has 0 bridgehead atoms. The molecule has 296 valence electrons. The van der Waals surface area contributed by atoms with Crippen LogP contribution in [0.15, 0.2) is 35.7 Å². The summed E-state index contributed by atoms with van der Waals surface area (Å²) in [5, 5.41) is 31.9. The number of hydrogen-bond acceptors (Lipinski definition) is 9. The van der Waals surface area contributed by atoms with Crippen LogP contribution in [-0.4, -0.2) is 87.8 Å². The number of thiazole rings is 1. The third-order valence-electron chi connectivity index (χ3n) is 10.2. The van der Waals surface area contributed by atoms with Gasteiger partial charge in [0, 0.05) is 30.3 Å². The van der Waals surface area contributed by atoms with Gasteiger partial charge in [-0.2, -0.15) is 0 Å². The van der Waals surface area contributed by atoms with Gasteiger partial charge in [-0.25, -0.2) is 4.98 Å². The lowest BCUT2D eigenvalue weighted by Gasteiger charge is -2.34. The Bertz CT molecular complexity index is 1450. The first kappa shape index (κ1) is 44.0. The lowest BCUT2D eigenvalue weighted by atomic mass is 9.94. The fourth-order valence-electron chi connectivity index (χ4n) is 6.64. The minimum Gasteiger partial charge on any atom is -0.481 e. The van der Waals surface area contributed by atoms with Crippen LogP contribution in [-0.2, 0) is 25.5 Å². The summed E-state index contributed by atoms with van der Waals surface area (Å²) in [6.45, 7) is 14.4. The maximum atomic E-state index is 14.0. The predicted octanol–water partition coefficient (Wildman–Crippen LogP) is 5.56. The highest BCUT2D eigenvalue weighted by Gasteiger charge is 2.35. The summed E-state index contributed by atoms with van der Waals surface area (Å²) in [7, 11) is 1.95. The van der Waals surface area contributed by atoms with Gasteiger partial charge >= 0.3 is 5.97 Å². The van der Waals surface area contributed by atoms with Crippen molar-refractivity contribution in [2.24, 2.45) is 23.7 Å². The molecule has 0 aliphatic carbocycles. The van der Waals surface area contributed by atoms with Gasteiger partial charge in [-0.1, -0.05) is 91.6 Å². The van der Waals surface area contributed by atoms with E-state index in [1.54, 1.807) is 12.3 Å². The van der Waals surface area contributed by atoms with E-state index in [0.29, 0.717) is 24.3 Å². The third kappa shape index (κ3) is 14.1. The Kier molecular flexibility index (Phi) is 17.8. The molecule has 1 aliphatic heterocycles. The van der Waals surface area contributed by atoms with Crippen molar-refractivity contribution in [1.29, 1.82) is 0 Å². The normalized spacial score (nSPS) is 19.1. The number of hydrogen-bond donors (Lipinski definition) is 5. The van der Waals surface area contributed by atoms with Crippen LogP contribution in [0.3, 0.4) is 0 Å². The Hall–Kier alpha value is -3.39. The van der Waals surface area contributed by atoms with Gasteiger partial charge in [0.15, 0.2) is 6.29 Å². The predicted molar refractivity (Wildman–Crippen MR) is 207 cm³/mol. The maximum absolute atomic E-state index is 14.0. The molecule has 0 saturated carbocycles. The molecule has 0 radical (unpaired) electrons. The molecule has 13 heteroatoms. The fraction of sp³-hybridized carbons (Fsp3) is 0.675. The third-order valence-corrected chi connectivity index (χ3v) is 11.1. The number of aliphatic carboxylic acids is 1.